The molecule has 0 N–H and O–H groups in total. The third-order valence-electron chi connectivity index (χ3n) is 3.54. The third-order valence-corrected chi connectivity index (χ3v) is 3.54. The molecule has 120 valence electrons. The lowest BCUT2D eigenvalue weighted by Gasteiger charge is -2.17. The number of carbonyl (C=O) groups is 4. The number of amides is 4. The molecule has 2 aromatic carbocycles. The molecule has 0 saturated carbocycles. The Kier molecular flexibility index (Phi) is 3.83. The number of nitrogens with zero attached hydrogens (tertiary/aromatic N) is 2. The van der Waals surface area contributed by atoms with Crippen LogP contribution in [-0.4, -0.2) is 30.9 Å². The van der Waals surface area contributed by atoms with Gasteiger partial charge in [0.2, 0.25) is 0 Å². The van der Waals surface area contributed by atoms with Crippen LogP contribution in [0.3, 0.4) is 0 Å². The number of esters is 1. The first-order valence-corrected chi connectivity index (χ1v) is 7.01. The van der Waals surface area contributed by atoms with Gasteiger partial charge in [0.25, 0.3) is 0 Å². The lowest BCUT2D eigenvalue weighted by atomic mass is 10.1. The molecule has 0 radical (unpaired) electrons. The minimum atomic E-state index is -1.03. The second kappa shape index (κ2) is 5.96. The minimum Gasteiger partial charge on any atom is -0.465 e. The number of ether oxygens (including phenoxy) is 1. The summed E-state index contributed by atoms with van der Waals surface area (Å²) in [5.41, 5.74) is 0.300. The molecule has 0 bridgehead atoms. The van der Waals surface area contributed by atoms with Gasteiger partial charge in [-0.15, -0.1) is 0 Å². The van der Waals surface area contributed by atoms with Gasteiger partial charge in [-0.25, -0.2) is 19.4 Å². The quantitative estimate of drug-likeness (QED) is 0.490. The van der Waals surface area contributed by atoms with Gasteiger partial charge >= 0.3 is 23.8 Å². The Balaban J connectivity index is 2.08. The first kappa shape index (κ1) is 15.4. The molecule has 24 heavy (non-hydrogen) atoms. The number of hydrogen-bond donors (Lipinski definition) is 0. The van der Waals surface area contributed by atoms with Crippen LogP contribution in [0.4, 0.5) is 16.2 Å². The van der Waals surface area contributed by atoms with Crippen molar-refractivity contribution in [2.24, 2.45) is 0 Å². The molecule has 2 aromatic rings. The van der Waals surface area contributed by atoms with Gasteiger partial charge in [0.05, 0.1) is 24.0 Å². The molecule has 0 unspecified atom stereocenters. The summed E-state index contributed by atoms with van der Waals surface area (Å²) in [6.45, 7) is 0. The highest BCUT2D eigenvalue weighted by atomic mass is 16.5. The number of para-hydroxylation sites is 2. The van der Waals surface area contributed by atoms with Crippen LogP contribution in [0.15, 0.2) is 54.6 Å². The molecule has 1 fully saturated rings. The number of methoxy groups -OCH3 is 1. The zero-order chi connectivity index (χ0) is 17.3. The summed E-state index contributed by atoms with van der Waals surface area (Å²) >= 11 is 0. The average Bonchev–Trinajstić information content (AvgIpc) is 2.84. The first-order valence-electron chi connectivity index (χ1n) is 7.01. The van der Waals surface area contributed by atoms with E-state index < -0.39 is 23.8 Å². The summed E-state index contributed by atoms with van der Waals surface area (Å²) in [6, 6.07) is 13.2. The van der Waals surface area contributed by atoms with Gasteiger partial charge in [0, 0.05) is 0 Å². The maximum Gasteiger partial charge on any atom is 0.343 e. The Labute approximate surface area is 137 Å². The summed E-state index contributed by atoms with van der Waals surface area (Å²) in [4.78, 5) is 50.5. The molecular weight excluding hydrogens is 312 g/mol. The highest BCUT2D eigenvalue weighted by Gasteiger charge is 2.47. The lowest BCUT2D eigenvalue weighted by molar-refractivity contribution is -0.133. The van der Waals surface area contributed by atoms with E-state index in [1.165, 1.54) is 19.2 Å². The lowest BCUT2D eigenvalue weighted by Crippen LogP contribution is -2.34. The van der Waals surface area contributed by atoms with Crippen molar-refractivity contribution in [3.8, 4) is 0 Å². The van der Waals surface area contributed by atoms with Crippen molar-refractivity contribution < 1.29 is 23.9 Å². The molecule has 3 rings (SSSR count). The van der Waals surface area contributed by atoms with Crippen molar-refractivity contribution in [2.45, 2.75) is 0 Å². The van der Waals surface area contributed by atoms with E-state index in [1.54, 1.807) is 42.5 Å². The van der Waals surface area contributed by atoms with Gasteiger partial charge in [-0.1, -0.05) is 30.3 Å². The Morgan fingerprint density at radius 2 is 1.42 bits per heavy atom. The molecule has 1 heterocycles. The van der Waals surface area contributed by atoms with Crippen molar-refractivity contribution in [3.63, 3.8) is 0 Å². The van der Waals surface area contributed by atoms with Crippen molar-refractivity contribution in [2.75, 3.05) is 16.9 Å². The van der Waals surface area contributed by atoms with E-state index in [0.717, 1.165) is 4.90 Å². The van der Waals surface area contributed by atoms with Gasteiger partial charge < -0.3 is 4.74 Å². The largest absolute Gasteiger partial charge is 0.465 e. The van der Waals surface area contributed by atoms with E-state index in [4.69, 9.17) is 0 Å². The summed E-state index contributed by atoms with van der Waals surface area (Å²) in [5.74, 6) is -2.72. The van der Waals surface area contributed by atoms with Crippen LogP contribution in [0.1, 0.15) is 10.4 Å². The number of benzene rings is 2. The average molecular weight is 324 g/mol. The van der Waals surface area contributed by atoms with Crippen LogP contribution in [0, 0.1) is 0 Å². The van der Waals surface area contributed by atoms with Crippen LogP contribution < -0.4 is 9.80 Å². The minimum absolute atomic E-state index is 0.00568. The van der Waals surface area contributed by atoms with Crippen molar-refractivity contribution >= 4 is 35.2 Å². The van der Waals surface area contributed by atoms with E-state index in [1.807, 2.05) is 0 Å². The molecule has 0 aliphatic carbocycles. The van der Waals surface area contributed by atoms with E-state index in [2.05, 4.69) is 4.74 Å². The molecule has 1 aliphatic heterocycles. The van der Waals surface area contributed by atoms with Gasteiger partial charge in [0.1, 0.15) is 0 Å². The highest BCUT2D eigenvalue weighted by Crippen LogP contribution is 2.29. The fourth-order valence-electron chi connectivity index (χ4n) is 2.43. The van der Waals surface area contributed by atoms with Crippen LogP contribution in [0.25, 0.3) is 0 Å². The third kappa shape index (κ3) is 2.32. The fourth-order valence-corrected chi connectivity index (χ4v) is 2.43. The van der Waals surface area contributed by atoms with Crippen LogP contribution in [0.5, 0.6) is 0 Å². The maximum absolute atomic E-state index is 12.6. The van der Waals surface area contributed by atoms with Crippen LogP contribution in [0.2, 0.25) is 0 Å². The van der Waals surface area contributed by atoms with Crippen LogP contribution >= 0.6 is 0 Å². The number of urea groups is 1. The number of rotatable bonds is 3. The Bertz CT molecular complexity index is 847. The molecule has 1 saturated heterocycles. The second-order valence-electron chi connectivity index (χ2n) is 4.91. The van der Waals surface area contributed by atoms with Crippen molar-refractivity contribution in [1.29, 1.82) is 0 Å². The molecule has 0 spiro atoms. The number of hydrogen-bond acceptors (Lipinski definition) is 5. The molecule has 0 atom stereocenters. The molecular formula is C17H12N2O5. The molecule has 0 aromatic heterocycles. The van der Waals surface area contributed by atoms with Gasteiger partial charge in [-0.2, -0.15) is 0 Å². The monoisotopic (exact) mass is 324 g/mol. The smallest absolute Gasteiger partial charge is 0.343 e. The highest BCUT2D eigenvalue weighted by molar-refractivity contribution is 6.60. The molecule has 1 aliphatic rings. The predicted molar refractivity (Wildman–Crippen MR) is 84.6 cm³/mol. The second-order valence-corrected chi connectivity index (χ2v) is 4.91. The number of anilines is 2. The standard InChI is InChI=1S/C17H12N2O5/c1-24-16(22)12-9-5-6-10-13(12)19-15(21)14(20)18(17(19)23)11-7-3-2-4-8-11/h2-10H,1H3. The van der Waals surface area contributed by atoms with E-state index in [0.29, 0.717) is 4.90 Å². The van der Waals surface area contributed by atoms with E-state index >= 15 is 0 Å². The van der Waals surface area contributed by atoms with Gasteiger partial charge in [0.15, 0.2) is 0 Å². The summed E-state index contributed by atoms with van der Waals surface area (Å²) in [5, 5.41) is 0. The van der Waals surface area contributed by atoms with Crippen molar-refractivity contribution in [3.05, 3.63) is 60.2 Å². The topological polar surface area (TPSA) is 84.0 Å². The Morgan fingerprint density at radius 1 is 0.833 bits per heavy atom. The van der Waals surface area contributed by atoms with Gasteiger partial charge in [-0.05, 0) is 24.3 Å². The first-order chi connectivity index (χ1) is 11.6. The van der Waals surface area contributed by atoms with E-state index in [-0.39, 0.29) is 16.9 Å². The van der Waals surface area contributed by atoms with E-state index in [9.17, 15) is 19.2 Å². The fraction of sp³-hybridized carbons (Fsp3) is 0.0588. The van der Waals surface area contributed by atoms with Crippen molar-refractivity contribution in [1.82, 2.24) is 0 Å². The molecule has 7 nitrogen and oxygen atoms in total. The zero-order valence-electron chi connectivity index (χ0n) is 12.6. The summed E-state index contributed by atoms with van der Waals surface area (Å²) < 4.78 is 4.66. The Morgan fingerprint density at radius 3 is 2.08 bits per heavy atom. The van der Waals surface area contributed by atoms with Gasteiger partial charge in [-0.3, -0.25) is 9.59 Å². The maximum atomic E-state index is 12.6. The number of imide groups is 2. The normalized spacial score (nSPS) is 14.3. The Hall–Kier alpha value is -3.48. The molecule has 7 heteroatoms. The SMILES string of the molecule is COC(=O)c1ccccc1N1C(=O)C(=O)N(c2ccccc2)C1=O. The summed E-state index contributed by atoms with van der Waals surface area (Å²) in [6.07, 6.45) is 0. The zero-order valence-corrected chi connectivity index (χ0v) is 12.6. The number of carbonyl (C=O) groups excluding carboxylic acids is 4. The molecule has 4 amide bonds. The predicted octanol–water partition coefficient (Wildman–Crippen LogP) is 1.97. The summed E-state index contributed by atoms with van der Waals surface area (Å²) in [7, 11) is 1.19. The van der Waals surface area contributed by atoms with Crippen LogP contribution in [-0.2, 0) is 14.3 Å².